The van der Waals surface area contributed by atoms with Gasteiger partial charge in [0.25, 0.3) is 0 Å². The Kier molecular flexibility index (Phi) is 4.81. The minimum absolute atomic E-state index is 0.309. The fraction of sp³-hybridized carbons (Fsp3) is 1.00. The van der Waals surface area contributed by atoms with Crippen molar-refractivity contribution in [3.63, 3.8) is 0 Å². The van der Waals surface area contributed by atoms with Crippen molar-refractivity contribution in [2.24, 2.45) is 5.92 Å². The van der Waals surface area contributed by atoms with Gasteiger partial charge < -0.3 is 5.32 Å². The number of likely N-dealkylation sites (tertiary alicyclic amines) is 1. The van der Waals surface area contributed by atoms with Gasteiger partial charge in [-0.25, -0.2) is 0 Å². The third-order valence-electron chi connectivity index (χ3n) is 4.09. The molecule has 0 bridgehead atoms. The zero-order valence-electron chi connectivity index (χ0n) is 12.0. The van der Waals surface area contributed by atoms with Crippen LogP contribution >= 0.6 is 0 Å². The van der Waals surface area contributed by atoms with Gasteiger partial charge in [-0.15, -0.1) is 0 Å². The molecule has 0 aliphatic carbocycles. The number of hydrogen-bond acceptors (Lipinski definition) is 2. The SMILES string of the molecule is CCCNC1CCN(C(C)(C)C)C(C)C1C. The van der Waals surface area contributed by atoms with Crippen LogP contribution in [0.5, 0.6) is 0 Å². The van der Waals surface area contributed by atoms with Gasteiger partial charge >= 0.3 is 0 Å². The predicted molar refractivity (Wildman–Crippen MR) is 71.8 cm³/mol. The largest absolute Gasteiger partial charge is 0.314 e. The topological polar surface area (TPSA) is 15.3 Å². The van der Waals surface area contributed by atoms with Gasteiger partial charge in [0.1, 0.15) is 0 Å². The van der Waals surface area contributed by atoms with E-state index in [1.165, 1.54) is 19.4 Å². The summed E-state index contributed by atoms with van der Waals surface area (Å²) in [4.78, 5) is 2.65. The minimum atomic E-state index is 0.309. The molecule has 1 aliphatic heterocycles. The highest BCUT2D eigenvalue weighted by Gasteiger charge is 2.36. The van der Waals surface area contributed by atoms with Crippen LogP contribution in [0.4, 0.5) is 0 Å². The molecule has 3 unspecified atom stereocenters. The Morgan fingerprint density at radius 3 is 2.38 bits per heavy atom. The smallest absolute Gasteiger partial charge is 0.0128 e. The summed E-state index contributed by atoms with van der Waals surface area (Å²) in [5.41, 5.74) is 0.309. The zero-order valence-corrected chi connectivity index (χ0v) is 12.0. The third kappa shape index (κ3) is 3.21. The summed E-state index contributed by atoms with van der Waals surface area (Å²) < 4.78 is 0. The quantitative estimate of drug-likeness (QED) is 0.796. The van der Waals surface area contributed by atoms with Crippen molar-refractivity contribution in [2.45, 2.75) is 72.0 Å². The molecule has 0 spiro atoms. The monoisotopic (exact) mass is 226 g/mol. The molecule has 0 amide bonds. The lowest BCUT2D eigenvalue weighted by atomic mass is 9.84. The van der Waals surface area contributed by atoms with Gasteiger partial charge in [-0.1, -0.05) is 13.8 Å². The Bertz CT molecular complexity index is 207. The van der Waals surface area contributed by atoms with Crippen LogP contribution in [0.3, 0.4) is 0 Å². The first-order valence-electron chi connectivity index (χ1n) is 6.88. The zero-order chi connectivity index (χ0) is 12.3. The molecule has 0 aromatic rings. The van der Waals surface area contributed by atoms with Crippen LogP contribution in [0.2, 0.25) is 0 Å². The van der Waals surface area contributed by atoms with Crippen molar-refractivity contribution in [1.82, 2.24) is 10.2 Å². The van der Waals surface area contributed by atoms with Crippen LogP contribution in [-0.4, -0.2) is 35.6 Å². The first-order valence-corrected chi connectivity index (χ1v) is 6.88. The summed E-state index contributed by atoms with van der Waals surface area (Å²) in [6, 6.07) is 1.40. The van der Waals surface area contributed by atoms with Gasteiger partial charge in [0.05, 0.1) is 0 Å². The minimum Gasteiger partial charge on any atom is -0.314 e. The van der Waals surface area contributed by atoms with E-state index in [9.17, 15) is 0 Å². The normalized spacial score (nSPS) is 33.0. The highest BCUT2D eigenvalue weighted by atomic mass is 15.2. The van der Waals surface area contributed by atoms with E-state index in [0.29, 0.717) is 17.6 Å². The van der Waals surface area contributed by atoms with Gasteiger partial charge in [-0.2, -0.15) is 0 Å². The molecule has 1 saturated heterocycles. The van der Waals surface area contributed by atoms with E-state index in [1.54, 1.807) is 0 Å². The molecule has 16 heavy (non-hydrogen) atoms. The molecule has 0 aromatic carbocycles. The summed E-state index contributed by atoms with van der Waals surface area (Å²) in [7, 11) is 0. The molecular weight excluding hydrogens is 196 g/mol. The van der Waals surface area contributed by atoms with Crippen molar-refractivity contribution < 1.29 is 0 Å². The molecule has 1 heterocycles. The third-order valence-corrected chi connectivity index (χ3v) is 4.09. The number of nitrogens with one attached hydrogen (secondary N) is 1. The fourth-order valence-electron chi connectivity index (χ4n) is 2.93. The van der Waals surface area contributed by atoms with Crippen molar-refractivity contribution in [3.8, 4) is 0 Å². The second-order valence-corrected chi connectivity index (χ2v) is 6.31. The molecule has 96 valence electrons. The van der Waals surface area contributed by atoms with Crippen molar-refractivity contribution in [2.75, 3.05) is 13.1 Å². The van der Waals surface area contributed by atoms with E-state index >= 15 is 0 Å². The van der Waals surface area contributed by atoms with E-state index in [0.717, 1.165) is 12.5 Å². The van der Waals surface area contributed by atoms with Crippen LogP contribution in [0.15, 0.2) is 0 Å². The second kappa shape index (κ2) is 5.50. The molecule has 1 fully saturated rings. The van der Waals surface area contributed by atoms with Crippen LogP contribution in [-0.2, 0) is 0 Å². The van der Waals surface area contributed by atoms with Gasteiger partial charge in [-0.05, 0) is 53.0 Å². The van der Waals surface area contributed by atoms with Gasteiger partial charge in [-0.3, -0.25) is 4.90 Å². The van der Waals surface area contributed by atoms with Gasteiger partial charge in [0.2, 0.25) is 0 Å². The van der Waals surface area contributed by atoms with E-state index in [-0.39, 0.29) is 0 Å². The molecule has 2 heteroatoms. The first-order chi connectivity index (χ1) is 7.38. The Balaban J connectivity index is 2.58. The van der Waals surface area contributed by atoms with E-state index in [4.69, 9.17) is 0 Å². The molecule has 1 rings (SSSR count). The number of hydrogen-bond donors (Lipinski definition) is 1. The number of rotatable bonds is 3. The lowest BCUT2D eigenvalue weighted by molar-refractivity contribution is 0.0139. The second-order valence-electron chi connectivity index (χ2n) is 6.31. The highest BCUT2D eigenvalue weighted by Crippen LogP contribution is 2.29. The standard InChI is InChI=1S/C14H30N2/c1-7-9-15-13-8-10-16(14(4,5)6)12(3)11(13)2/h11-13,15H,7-10H2,1-6H3. The van der Waals surface area contributed by atoms with Gasteiger partial charge in [0, 0.05) is 24.2 Å². The average molecular weight is 226 g/mol. The summed E-state index contributed by atoms with van der Waals surface area (Å²) in [5, 5.41) is 3.70. The Morgan fingerprint density at radius 2 is 1.88 bits per heavy atom. The lowest BCUT2D eigenvalue weighted by Gasteiger charge is -2.49. The fourth-order valence-corrected chi connectivity index (χ4v) is 2.93. The average Bonchev–Trinajstić information content (AvgIpc) is 2.18. The maximum absolute atomic E-state index is 3.70. The van der Waals surface area contributed by atoms with E-state index in [2.05, 4.69) is 51.8 Å². The number of piperidine rings is 1. The van der Waals surface area contributed by atoms with Crippen LogP contribution in [0.1, 0.15) is 54.4 Å². The maximum Gasteiger partial charge on any atom is 0.0128 e. The lowest BCUT2D eigenvalue weighted by Crippen LogP contribution is -2.58. The molecular formula is C14H30N2. The summed E-state index contributed by atoms with van der Waals surface area (Å²) in [5.74, 6) is 0.750. The Morgan fingerprint density at radius 1 is 1.25 bits per heavy atom. The van der Waals surface area contributed by atoms with E-state index in [1.807, 2.05) is 0 Å². The van der Waals surface area contributed by atoms with Crippen LogP contribution in [0, 0.1) is 5.92 Å². The van der Waals surface area contributed by atoms with Crippen molar-refractivity contribution >= 4 is 0 Å². The highest BCUT2D eigenvalue weighted by molar-refractivity contribution is 4.93. The molecule has 3 atom stereocenters. The van der Waals surface area contributed by atoms with Crippen molar-refractivity contribution in [3.05, 3.63) is 0 Å². The van der Waals surface area contributed by atoms with Crippen LogP contribution in [0.25, 0.3) is 0 Å². The van der Waals surface area contributed by atoms with Gasteiger partial charge in [0.15, 0.2) is 0 Å². The van der Waals surface area contributed by atoms with Crippen LogP contribution < -0.4 is 5.32 Å². The summed E-state index contributed by atoms with van der Waals surface area (Å²) in [6.45, 7) is 16.4. The molecule has 0 aromatic heterocycles. The van der Waals surface area contributed by atoms with E-state index < -0.39 is 0 Å². The summed E-state index contributed by atoms with van der Waals surface area (Å²) >= 11 is 0. The summed E-state index contributed by atoms with van der Waals surface area (Å²) in [6.07, 6.45) is 2.53. The predicted octanol–water partition coefficient (Wildman–Crippen LogP) is 2.88. The Labute approximate surface area is 102 Å². The molecule has 2 nitrogen and oxygen atoms in total. The molecule has 0 saturated carbocycles. The first kappa shape index (κ1) is 14.0. The molecule has 1 N–H and O–H groups in total. The van der Waals surface area contributed by atoms with Crippen molar-refractivity contribution in [1.29, 1.82) is 0 Å². The number of nitrogens with zero attached hydrogens (tertiary/aromatic N) is 1. The Hall–Kier alpha value is -0.0800. The molecule has 1 aliphatic rings. The maximum atomic E-state index is 3.70. The molecule has 0 radical (unpaired) electrons.